The van der Waals surface area contributed by atoms with Gasteiger partial charge in [-0.3, -0.25) is 18.8 Å². The maximum Gasteiger partial charge on any atom is 0.406 e. The lowest BCUT2D eigenvalue weighted by Crippen LogP contribution is -2.42. The number of hydrogen-bond donors (Lipinski definition) is 5. The number of rotatable bonds is 18. The first-order valence-corrected chi connectivity index (χ1v) is 14.1. The van der Waals surface area contributed by atoms with Gasteiger partial charge in [0.2, 0.25) is 11.8 Å². The van der Waals surface area contributed by atoms with Crippen molar-refractivity contribution in [2.24, 2.45) is 4.99 Å². The number of aliphatic imine (C=N–C) groups is 1. The Balaban J connectivity index is 2.95. The molecule has 0 aliphatic rings. The number of carbonyl (C=O) groups excluding carboxylic acids is 2. The van der Waals surface area contributed by atoms with Gasteiger partial charge in [0, 0.05) is 19.7 Å². The molecule has 1 aromatic rings. The molecule has 0 saturated carbocycles. The van der Waals surface area contributed by atoms with Crippen LogP contribution in [0.5, 0.6) is 5.88 Å². The fraction of sp³-hybridized carbons (Fsp3) is 0.696. The summed E-state index contributed by atoms with van der Waals surface area (Å²) in [6, 6.07) is -1.17. The number of nitrogens with one attached hydrogen (secondary N) is 1. The molecule has 1 rings (SSSR count). The molecule has 41 heavy (non-hydrogen) atoms. The van der Waals surface area contributed by atoms with Crippen molar-refractivity contribution in [2.45, 2.75) is 77.6 Å². The molecule has 234 valence electrons. The van der Waals surface area contributed by atoms with E-state index in [1.54, 1.807) is 27.7 Å². The SMILES string of the molecule is COc1nc(N)nc(N)c1N=CC[C@@H](O)C(O)C(COP(=O)(N[C@@H](C)C(=O)OC(C)C)OCC(=O)OC(C)C)OC. The van der Waals surface area contributed by atoms with E-state index in [0.29, 0.717) is 0 Å². The molecule has 0 saturated heterocycles. The summed E-state index contributed by atoms with van der Waals surface area (Å²) in [7, 11) is -1.84. The van der Waals surface area contributed by atoms with Gasteiger partial charge in [0.15, 0.2) is 18.1 Å². The molecule has 5 atom stereocenters. The molecule has 0 fully saturated rings. The van der Waals surface area contributed by atoms with Crippen LogP contribution in [-0.2, 0) is 37.4 Å². The predicted octanol–water partition coefficient (Wildman–Crippen LogP) is 0.501. The Morgan fingerprint density at radius 1 is 1.05 bits per heavy atom. The molecule has 0 bridgehead atoms. The van der Waals surface area contributed by atoms with Crippen molar-refractivity contribution in [3.8, 4) is 5.88 Å². The molecule has 0 aromatic carbocycles. The predicted molar refractivity (Wildman–Crippen MR) is 148 cm³/mol. The van der Waals surface area contributed by atoms with Gasteiger partial charge in [0.25, 0.3) is 0 Å². The van der Waals surface area contributed by atoms with Gasteiger partial charge < -0.3 is 40.6 Å². The minimum absolute atomic E-state index is 0.0106. The molecule has 7 N–H and O–H groups in total. The van der Waals surface area contributed by atoms with Crippen LogP contribution in [0.1, 0.15) is 41.0 Å². The summed E-state index contributed by atoms with van der Waals surface area (Å²) in [5.74, 6) is -1.74. The standard InChI is InChI=1S/C23H41N6O11P/c1-12(2)39-17(31)11-38-41(34,29-14(5)22(33)40-13(3)4)37-10-16(35-6)19(32)15(30)8-9-26-18-20(24)27-23(25)28-21(18)36-7/h9,12-16,19,30,32H,8,10-11H2,1-7H3,(H,29,34)(H4,24,25,27,28)/t14-,15+,16?,19?,41?/m0/s1. The third kappa shape index (κ3) is 12.6. The molecule has 3 unspecified atom stereocenters. The van der Waals surface area contributed by atoms with Crippen LogP contribution in [0, 0.1) is 0 Å². The Kier molecular flexibility index (Phi) is 15.1. The summed E-state index contributed by atoms with van der Waals surface area (Å²) in [5, 5.41) is 23.5. The highest BCUT2D eigenvalue weighted by Gasteiger charge is 2.35. The number of hydrogen-bond acceptors (Lipinski definition) is 16. The van der Waals surface area contributed by atoms with Crippen molar-refractivity contribution in [1.82, 2.24) is 15.1 Å². The molecule has 0 aliphatic carbocycles. The second-order valence-corrected chi connectivity index (χ2v) is 10.9. The van der Waals surface area contributed by atoms with Gasteiger partial charge in [-0.1, -0.05) is 0 Å². The highest BCUT2D eigenvalue weighted by atomic mass is 31.2. The second-order valence-electron chi connectivity index (χ2n) is 9.15. The molecule has 1 heterocycles. The third-order valence-electron chi connectivity index (χ3n) is 4.92. The number of esters is 2. The second kappa shape index (κ2) is 17.1. The molecule has 17 nitrogen and oxygen atoms in total. The van der Waals surface area contributed by atoms with E-state index in [-0.39, 0.29) is 29.8 Å². The third-order valence-corrected chi connectivity index (χ3v) is 6.58. The summed E-state index contributed by atoms with van der Waals surface area (Å²) in [4.78, 5) is 35.9. The van der Waals surface area contributed by atoms with Crippen molar-refractivity contribution in [3.05, 3.63) is 0 Å². The Morgan fingerprint density at radius 3 is 2.24 bits per heavy atom. The topological polar surface area (TPSA) is 249 Å². The maximum atomic E-state index is 13.4. The van der Waals surface area contributed by atoms with Crippen LogP contribution in [0.15, 0.2) is 4.99 Å². The fourth-order valence-corrected chi connectivity index (χ4v) is 4.44. The monoisotopic (exact) mass is 608 g/mol. The number of anilines is 2. The highest BCUT2D eigenvalue weighted by Crippen LogP contribution is 2.44. The first kappa shape index (κ1) is 36.1. The van der Waals surface area contributed by atoms with Gasteiger partial charge in [-0.25, -0.2) is 14.4 Å². The van der Waals surface area contributed by atoms with Crippen molar-refractivity contribution >= 4 is 43.4 Å². The van der Waals surface area contributed by atoms with Crippen LogP contribution < -0.4 is 21.3 Å². The zero-order chi connectivity index (χ0) is 31.3. The number of nitrogens with two attached hydrogens (primary N) is 2. The number of methoxy groups -OCH3 is 2. The largest absolute Gasteiger partial charge is 0.479 e. The molecule has 1 aromatic heterocycles. The van der Waals surface area contributed by atoms with Crippen LogP contribution in [0.2, 0.25) is 0 Å². The summed E-state index contributed by atoms with van der Waals surface area (Å²) in [5.41, 5.74) is 11.4. The lowest BCUT2D eigenvalue weighted by Gasteiger charge is -2.28. The average Bonchev–Trinajstić information content (AvgIpc) is 2.87. The van der Waals surface area contributed by atoms with Crippen LogP contribution in [0.3, 0.4) is 0 Å². The summed E-state index contributed by atoms with van der Waals surface area (Å²) in [6.07, 6.45) is -4.11. The first-order chi connectivity index (χ1) is 19.1. The van der Waals surface area contributed by atoms with E-state index in [2.05, 4.69) is 20.0 Å². The normalized spacial score (nSPS) is 16.3. The molecule has 0 radical (unpaired) electrons. The van der Waals surface area contributed by atoms with E-state index >= 15 is 0 Å². The Hall–Kier alpha value is -2.92. The Bertz CT molecular complexity index is 1070. The first-order valence-electron chi connectivity index (χ1n) is 12.6. The lowest BCUT2D eigenvalue weighted by atomic mass is 10.1. The zero-order valence-electron chi connectivity index (χ0n) is 24.2. The van der Waals surface area contributed by atoms with Gasteiger partial charge in [-0.2, -0.15) is 9.97 Å². The quantitative estimate of drug-likeness (QED) is 0.0864. The Morgan fingerprint density at radius 2 is 1.68 bits per heavy atom. The van der Waals surface area contributed by atoms with Crippen LogP contribution in [0.4, 0.5) is 17.5 Å². The van der Waals surface area contributed by atoms with E-state index in [0.717, 1.165) is 0 Å². The van der Waals surface area contributed by atoms with Gasteiger partial charge in [0.05, 0.1) is 32.0 Å². The van der Waals surface area contributed by atoms with Gasteiger partial charge in [-0.05, 0) is 34.6 Å². The van der Waals surface area contributed by atoms with E-state index in [4.69, 9.17) is 39.5 Å². The number of aliphatic hydroxyl groups excluding tert-OH is 2. The minimum Gasteiger partial charge on any atom is -0.479 e. The number of nitrogens with zero attached hydrogens (tertiary/aromatic N) is 3. The maximum absolute atomic E-state index is 13.4. The number of nitrogen functional groups attached to an aromatic ring is 2. The molecule has 0 aliphatic heterocycles. The summed E-state index contributed by atoms with van der Waals surface area (Å²) >= 11 is 0. The molecule has 0 amide bonds. The van der Waals surface area contributed by atoms with Gasteiger partial charge >= 0.3 is 19.7 Å². The summed E-state index contributed by atoms with van der Waals surface area (Å²) in [6.45, 7) is 6.50. The molecule has 18 heteroatoms. The van der Waals surface area contributed by atoms with Crippen molar-refractivity contribution in [2.75, 3.05) is 38.9 Å². The minimum atomic E-state index is -4.39. The van der Waals surface area contributed by atoms with Crippen LogP contribution in [0.25, 0.3) is 0 Å². The highest BCUT2D eigenvalue weighted by molar-refractivity contribution is 7.51. The zero-order valence-corrected chi connectivity index (χ0v) is 25.1. The molecule has 0 spiro atoms. The van der Waals surface area contributed by atoms with Crippen molar-refractivity contribution < 1.29 is 52.4 Å². The number of ether oxygens (including phenoxy) is 4. The Labute approximate surface area is 238 Å². The lowest BCUT2D eigenvalue weighted by molar-refractivity contribution is -0.150. The van der Waals surface area contributed by atoms with Crippen LogP contribution >= 0.6 is 7.75 Å². The smallest absolute Gasteiger partial charge is 0.406 e. The summed E-state index contributed by atoms with van der Waals surface area (Å²) < 4.78 is 44.3. The number of aliphatic hydroxyl groups is 2. The fourth-order valence-electron chi connectivity index (χ4n) is 3.02. The van der Waals surface area contributed by atoms with Crippen molar-refractivity contribution in [1.29, 1.82) is 0 Å². The van der Waals surface area contributed by atoms with Crippen LogP contribution in [-0.4, -0.2) is 102 Å². The van der Waals surface area contributed by atoms with Gasteiger partial charge in [0.1, 0.15) is 18.2 Å². The molecular weight excluding hydrogens is 567 g/mol. The number of carbonyl (C=O) groups is 2. The number of aromatic nitrogens is 2. The van der Waals surface area contributed by atoms with E-state index < -0.39 is 69.5 Å². The van der Waals surface area contributed by atoms with Crippen molar-refractivity contribution in [3.63, 3.8) is 0 Å². The van der Waals surface area contributed by atoms with Gasteiger partial charge in [-0.15, -0.1) is 0 Å². The average molecular weight is 609 g/mol. The molecular formula is C23H41N6O11P. The van der Waals surface area contributed by atoms with E-state index in [9.17, 15) is 24.4 Å². The van der Waals surface area contributed by atoms with E-state index in [1.165, 1.54) is 27.4 Å². The van der Waals surface area contributed by atoms with E-state index in [1.807, 2.05) is 0 Å².